The van der Waals surface area contributed by atoms with Crippen LogP contribution in [-0.2, 0) is 0 Å². The number of rotatable bonds is 8. The second kappa shape index (κ2) is 9.77. The Balaban J connectivity index is 6.02. The van der Waals surface area contributed by atoms with Gasteiger partial charge < -0.3 is 10.2 Å². The maximum atomic E-state index is 13.5. The van der Waals surface area contributed by atoms with Crippen LogP contribution in [0.25, 0.3) is 0 Å². The summed E-state index contributed by atoms with van der Waals surface area (Å²) in [5, 5.41) is 18.8. The van der Waals surface area contributed by atoms with E-state index in [2.05, 4.69) is 13.2 Å². The Labute approximate surface area is 135 Å². The molecule has 0 aliphatic rings. The predicted octanol–water partition coefficient (Wildman–Crippen LogP) is 6.09. The molecule has 0 saturated heterocycles. The van der Waals surface area contributed by atoms with Gasteiger partial charge in [-0.25, -0.2) is 0 Å². The smallest absolute Gasteiger partial charge is 0.399 e. The summed E-state index contributed by atoms with van der Waals surface area (Å²) in [6.45, 7) is 10.1. The zero-order valence-electron chi connectivity index (χ0n) is 13.4. The van der Waals surface area contributed by atoms with E-state index in [9.17, 15) is 23.4 Å². The molecule has 0 saturated carbocycles. The average Bonchev–Trinajstić information content (AvgIpc) is 2.51. The van der Waals surface area contributed by atoms with Crippen molar-refractivity contribution in [1.29, 1.82) is 0 Å². The lowest BCUT2D eigenvalue weighted by Crippen LogP contribution is -2.26. The molecule has 2 N–H and O–H groups in total. The summed E-state index contributed by atoms with van der Waals surface area (Å²) in [6.07, 6.45) is 3.06. The van der Waals surface area contributed by atoms with Crippen LogP contribution in [0.5, 0.6) is 0 Å². The van der Waals surface area contributed by atoms with E-state index in [1.165, 1.54) is 24.3 Å². The molecule has 0 aromatic heterocycles. The van der Waals surface area contributed by atoms with Gasteiger partial charge in [0, 0.05) is 6.42 Å². The maximum absolute atomic E-state index is 13.5. The van der Waals surface area contributed by atoms with Crippen molar-refractivity contribution in [3.63, 3.8) is 0 Å². The molecule has 1 atom stereocenters. The summed E-state index contributed by atoms with van der Waals surface area (Å²) in [5.41, 5.74) is -0.00136. The molecule has 0 aliphatic carbocycles. The van der Waals surface area contributed by atoms with Crippen LogP contribution < -0.4 is 0 Å². The zero-order chi connectivity index (χ0) is 18.0. The van der Waals surface area contributed by atoms with Gasteiger partial charge in [-0.1, -0.05) is 50.8 Å². The molecule has 2 nitrogen and oxygen atoms in total. The topological polar surface area (TPSA) is 40.5 Å². The molecule has 0 radical (unpaired) electrons. The van der Waals surface area contributed by atoms with Gasteiger partial charge in [-0.3, -0.25) is 0 Å². The molecule has 0 spiro atoms. The fourth-order valence-electron chi connectivity index (χ4n) is 1.88. The molecule has 0 aromatic rings. The highest BCUT2D eigenvalue weighted by atomic mass is 19.4. The molecule has 5 heteroatoms. The zero-order valence-corrected chi connectivity index (χ0v) is 13.4. The molecule has 0 heterocycles. The molecule has 23 heavy (non-hydrogen) atoms. The Kier molecular flexibility index (Phi) is 8.85. The molecule has 0 rings (SSSR count). The molecular formula is C18H23F3O2. The predicted molar refractivity (Wildman–Crippen MR) is 88.1 cm³/mol. The summed E-state index contributed by atoms with van der Waals surface area (Å²) in [6, 6.07) is 0. The van der Waals surface area contributed by atoms with E-state index in [0.29, 0.717) is 6.42 Å². The van der Waals surface area contributed by atoms with Gasteiger partial charge in [0.25, 0.3) is 0 Å². The number of hydrogen-bond donors (Lipinski definition) is 2. The molecule has 0 fully saturated rings. The van der Waals surface area contributed by atoms with Gasteiger partial charge in [0.05, 0.1) is 5.76 Å². The van der Waals surface area contributed by atoms with Gasteiger partial charge in [-0.2, -0.15) is 13.2 Å². The fraction of sp³-hybridized carbons (Fsp3) is 0.333. The van der Waals surface area contributed by atoms with Crippen LogP contribution in [0.2, 0.25) is 0 Å². The quantitative estimate of drug-likeness (QED) is 0.418. The van der Waals surface area contributed by atoms with E-state index < -0.39 is 12.1 Å². The van der Waals surface area contributed by atoms with Crippen molar-refractivity contribution in [3.8, 4) is 0 Å². The van der Waals surface area contributed by atoms with Crippen molar-refractivity contribution in [1.82, 2.24) is 0 Å². The third-order valence-corrected chi connectivity index (χ3v) is 3.18. The largest absolute Gasteiger partial charge is 0.512 e. The summed E-state index contributed by atoms with van der Waals surface area (Å²) in [7, 11) is 0. The Morgan fingerprint density at radius 3 is 1.96 bits per heavy atom. The number of halogens is 3. The Bertz CT molecular complexity index is 535. The van der Waals surface area contributed by atoms with Gasteiger partial charge in [0.2, 0.25) is 0 Å². The number of hydrogen-bond acceptors (Lipinski definition) is 2. The van der Waals surface area contributed by atoms with Crippen LogP contribution >= 0.6 is 0 Å². The van der Waals surface area contributed by atoms with Crippen molar-refractivity contribution >= 4 is 0 Å². The lowest BCUT2D eigenvalue weighted by molar-refractivity contribution is -0.153. The Morgan fingerprint density at radius 1 is 0.957 bits per heavy atom. The van der Waals surface area contributed by atoms with Crippen molar-refractivity contribution in [2.75, 3.05) is 0 Å². The summed E-state index contributed by atoms with van der Waals surface area (Å²) in [5.74, 6) is -2.10. The van der Waals surface area contributed by atoms with Crippen LogP contribution in [0.1, 0.15) is 26.7 Å². The summed E-state index contributed by atoms with van der Waals surface area (Å²) in [4.78, 5) is 0. The van der Waals surface area contributed by atoms with E-state index in [4.69, 9.17) is 0 Å². The van der Waals surface area contributed by atoms with E-state index in [-0.39, 0.29) is 29.1 Å². The van der Waals surface area contributed by atoms with Crippen LogP contribution in [-0.4, -0.2) is 16.4 Å². The molecule has 0 aliphatic heterocycles. The lowest BCUT2D eigenvalue weighted by Gasteiger charge is -2.23. The second-order valence-corrected chi connectivity index (χ2v) is 4.75. The molecule has 0 amide bonds. The lowest BCUT2D eigenvalue weighted by atomic mass is 9.87. The number of aliphatic hydroxyl groups excluding tert-OH is 2. The Morgan fingerprint density at radius 2 is 1.57 bits per heavy atom. The monoisotopic (exact) mass is 328 g/mol. The van der Waals surface area contributed by atoms with E-state index >= 15 is 0 Å². The highest BCUT2D eigenvalue weighted by molar-refractivity contribution is 5.35. The normalized spacial score (nSPS) is 16.2. The molecule has 128 valence electrons. The van der Waals surface area contributed by atoms with Crippen molar-refractivity contribution < 1.29 is 23.4 Å². The van der Waals surface area contributed by atoms with Crippen LogP contribution in [0.3, 0.4) is 0 Å². The van der Waals surface area contributed by atoms with Crippen molar-refractivity contribution in [2.24, 2.45) is 5.92 Å². The first kappa shape index (κ1) is 20.8. The van der Waals surface area contributed by atoms with Gasteiger partial charge in [-0.05, 0) is 30.2 Å². The van der Waals surface area contributed by atoms with Gasteiger partial charge in [0.1, 0.15) is 11.7 Å². The fourth-order valence-corrected chi connectivity index (χ4v) is 1.88. The first-order chi connectivity index (χ1) is 10.7. The van der Waals surface area contributed by atoms with E-state index in [1.54, 1.807) is 13.8 Å². The number of allylic oxidation sites excluding steroid dienone is 9. The number of aliphatic hydroxyl groups is 2. The van der Waals surface area contributed by atoms with E-state index in [0.717, 1.165) is 12.2 Å². The standard InChI is InChI=1S/C18H23F3O2/c1-5-13(9-11-15(22)7-3)17(18(19,20)21)14(6-2)10-12-16(23)8-4/h5,8-12,17,22-23H,1,4,6-7H2,2-3H3/b13-9+,14-10+,15-11+,16-12+. The second-order valence-electron chi connectivity index (χ2n) is 4.75. The summed E-state index contributed by atoms with van der Waals surface area (Å²) < 4.78 is 40.5. The molecule has 0 bridgehead atoms. The van der Waals surface area contributed by atoms with Gasteiger partial charge in [0.15, 0.2) is 0 Å². The highest BCUT2D eigenvalue weighted by Crippen LogP contribution is 2.39. The SMILES string of the molecule is C=C/C(O)=C\C=C(/CC)C(/C(C=C)=C/C=C(/O)CC)C(F)(F)F. The third-order valence-electron chi connectivity index (χ3n) is 3.18. The first-order valence-electron chi connectivity index (χ1n) is 7.22. The average molecular weight is 328 g/mol. The highest BCUT2D eigenvalue weighted by Gasteiger charge is 2.42. The van der Waals surface area contributed by atoms with Crippen molar-refractivity contribution in [2.45, 2.75) is 32.9 Å². The molecular weight excluding hydrogens is 305 g/mol. The van der Waals surface area contributed by atoms with Gasteiger partial charge in [-0.15, -0.1) is 0 Å². The van der Waals surface area contributed by atoms with Crippen molar-refractivity contribution in [3.05, 3.63) is 72.3 Å². The van der Waals surface area contributed by atoms with Gasteiger partial charge >= 0.3 is 6.18 Å². The minimum Gasteiger partial charge on any atom is -0.512 e. The van der Waals surface area contributed by atoms with Crippen LogP contribution in [0.4, 0.5) is 13.2 Å². The van der Waals surface area contributed by atoms with Crippen LogP contribution in [0.15, 0.2) is 72.3 Å². The minimum absolute atomic E-state index is 0.0171. The first-order valence-corrected chi connectivity index (χ1v) is 7.22. The molecule has 0 aromatic carbocycles. The molecule has 1 unspecified atom stereocenters. The Hall–Kier alpha value is -2.17. The number of alkyl halides is 3. The van der Waals surface area contributed by atoms with Crippen LogP contribution in [0, 0.1) is 5.92 Å². The summed E-state index contributed by atoms with van der Waals surface area (Å²) >= 11 is 0. The maximum Gasteiger partial charge on any atom is 0.399 e. The minimum atomic E-state index is -4.52. The van der Waals surface area contributed by atoms with E-state index in [1.807, 2.05) is 0 Å². The third kappa shape index (κ3) is 7.08.